The fourth-order valence-corrected chi connectivity index (χ4v) is 6.37. The molecule has 28 heavy (non-hydrogen) atoms. The van der Waals surface area contributed by atoms with Crippen molar-refractivity contribution in [1.29, 1.82) is 0 Å². The summed E-state index contributed by atoms with van der Waals surface area (Å²) in [6, 6.07) is 0. The topological polar surface area (TPSA) is 111 Å². The van der Waals surface area contributed by atoms with Gasteiger partial charge in [0.1, 0.15) is 0 Å². The van der Waals surface area contributed by atoms with Gasteiger partial charge in [0.05, 0.1) is 34.8 Å². The molecule has 0 saturated heterocycles. The van der Waals surface area contributed by atoms with Crippen LogP contribution in [0.25, 0.3) is 0 Å². The number of hydrogen-bond acceptors (Lipinski definition) is 6. The summed E-state index contributed by atoms with van der Waals surface area (Å²) in [5.74, 6) is -2.05. The van der Waals surface area contributed by atoms with Crippen LogP contribution in [-0.4, -0.2) is 37.0 Å². The van der Waals surface area contributed by atoms with Gasteiger partial charge in [-0.1, -0.05) is 13.3 Å². The van der Waals surface area contributed by atoms with E-state index in [0.29, 0.717) is 34.9 Å². The molecule has 11 heteroatoms. The second-order valence-corrected chi connectivity index (χ2v) is 8.87. The molecule has 1 rings (SSSR count). The van der Waals surface area contributed by atoms with Crippen LogP contribution in [0.1, 0.15) is 44.0 Å². The number of carbonyl (C=O) groups is 4. The summed E-state index contributed by atoms with van der Waals surface area (Å²) < 4.78 is 11.6. The highest BCUT2D eigenvalue weighted by atomic mass is 127. The maximum Gasteiger partial charge on any atom is 0.347 e. The van der Waals surface area contributed by atoms with E-state index >= 15 is 0 Å². The van der Waals surface area contributed by atoms with E-state index in [2.05, 4.69) is 10.6 Å². The zero-order chi connectivity index (χ0) is 21.6. The molecule has 8 nitrogen and oxygen atoms in total. The number of ether oxygens (including phenoxy) is 2. The molecule has 1 aromatic rings. The van der Waals surface area contributed by atoms with Gasteiger partial charge in [0.2, 0.25) is 11.8 Å². The fourth-order valence-electron chi connectivity index (χ4n) is 2.22. The molecule has 0 fully saturated rings. The lowest BCUT2D eigenvalue weighted by Gasteiger charge is -2.21. The maximum absolute atomic E-state index is 12.9. The van der Waals surface area contributed by atoms with Crippen molar-refractivity contribution >= 4 is 103 Å². The Kier molecular flexibility index (Phi) is 10.4. The Morgan fingerprint density at radius 2 is 1.39 bits per heavy atom. The van der Waals surface area contributed by atoms with Crippen molar-refractivity contribution in [2.75, 3.05) is 17.7 Å². The molecule has 1 atom stereocenters. The second kappa shape index (κ2) is 11.5. The number of benzene rings is 1. The molecule has 154 valence electrons. The molecule has 2 N–H and O–H groups in total. The first kappa shape index (κ1) is 25.3. The van der Waals surface area contributed by atoms with Crippen LogP contribution >= 0.6 is 67.8 Å². The Labute approximate surface area is 203 Å². The van der Waals surface area contributed by atoms with Crippen molar-refractivity contribution < 1.29 is 28.7 Å². The van der Waals surface area contributed by atoms with Crippen molar-refractivity contribution in [3.05, 3.63) is 16.3 Å². The van der Waals surface area contributed by atoms with E-state index in [9.17, 15) is 19.2 Å². The largest absolute Gasteiger partial charge is 0.466 e. The monoisotopic (exact) mass is 728 g/mol. The van der Waals surface area contributed by atoms with Crippen molar-refractivity contribution in [2.45, 2.75) is 39.7 Å². The minimum Gasteiger partial charge on any atom is -0.466 e. The number of esters is 2. The van der Waals surface area contributed by atoms with Gasteiger partial charge in [0, 0.05) is 13.8 Å². The molecule has 0 saturated carbocycles. The lowest BCUT2D eigenvalue weighted by Crippen LogP contribution is -2.29. The predicted molar refractivity (Wildman–Crippen MR) is 129 cm³/mol. The summed E-state index contributed by atoms with van der Waals surface area (Å²) in [5, 5.41) is 5.36. The SMILES string of the molecule is CCCC(OC(=O)c1c(I)c(NC(C)=O)c(I)c(NC(C)=O)c1I)C(=O)OC. The number of carbonyl (C=O) groups excluding carboxylic acids is 4. The standard InChI is InChI=1S/C17H19I3N2O6/c1-5-6-9(16(25)27-4)28-17(26)10-11(18)14(21-7(2)23)13(20)15(12(10)19)22-8(3)24/h9H,5-6H2,1-4H3,(H,21,23)(H,22,24). The number of anilines is 2. The van der Waals surface area contributed by atoms with Gasteiger partial charge in [-0.3, -0.25) is 9.59 Å². The van der Waals surface area contributed by atoms with Gasteiger partial charge in [-0.15, -0.1) is 0 Å². The number of amides is 2. The Hall–Kier alpha value is -0.710. The van der Waals surface area contributed by atoms with Crippen LogP contribution in [0.4, 0.5) is 11.4 Å². The second-order valence-electron chi connectivity index (χ2n) is 5.64. The van der Waals surface area contributed by atoms with Gasteiger partial charge in [0.15, 0.2) is 6.10 Å². The first-order valence-electron chi connectivity index (χ1n) is 8.09. The number of hydrogen-bond donors (Lipinski definition) is 2. The summed E-state index contributed by atoms with van der Waals surface area (Å²) in [4.78, 5) is 48.1. The molecule has 0 spiro atoms. The molecule has 0 heterocycles. The normalized spacial score (nSPS) is 11.4. The van der Waals surface area contributed by atoms with E-state index < -0.39 is 18.0 Å². The quantitative estimate of drug-likeness (QED) is 0.326. The summed E-state index contributed by atoms with van der Waals surface area (Å²) in [5.41, 5.74) is 0.920. The fraction of sp³-hybridized carbons (Fsp3) is 0.412. The molecule has 1 aromatic carbocycles. The van der Waals surface area contributed by atoms with Gasteiger partial charge in [-0.2, -0.15) is 0 Å². The highest BCUT2D eigenvalue weighted by Gasteiger charge is 2.30. The first-order chi connectivity index (χ1) is 13.0. The van der Waals surface area contributed by atoms with E-state index in [1.807, 2.05) is 74.7 Å². The van der Waals surface area contributed by atoms with Crippen LogP contribution in [0.15, 0.2) is 0 Å². The van der Waals surface area contributed by atoms with Gasteiger partial charge in [0.25, 0.3) is 0 Å². The molecule has 2 amide bonds. The molecule has 0 aromatic heterocycles. The Balaban J connectivity index is 3.54. The molecule has 0 bridgehead atoms. The highest BCUT2D eigenvalue weighted by Crippen LogP contribution is 2.39. The smallest absolute Gasteiger partial charge is 0.347 e. The molecule has 0 radical (unpaired) electrons. The number of methoxy groups -OCH3 is 1. The molecule has 0 aliphatic rings. The zero-order valence-corrected chi connectivity index (χ0v) is 22.0. The van der Waals surface area contributed by atoms with Crippen molar-refractivity contribution in [2.24, 2.45) is 0 Å². The Morgan fingerprint density at radius 3 is 1.75 bits per heavy atom. The minimum absolute atomic E-state index is 0.152. The van der Waals surface area contributed by atoms with Gasteiger partial charge in [-0.25, -0.2) is 9.59 Å². The van der Waals surface area contributed by atoms with Crippen LogP contribution in [0.3, 0.4) is 0 Å². The van der Waals surface area contributed by atoms with Crippen LogP contribution in [0, 0.1) is 10.7 Å². The van der Waals surface area contributed by atoms with Crippen molar-refractivity contribution in [3.8, 4) is 0 Å². The number of rotatable bonds is 7. The zero-order valence-electron chi connectivity index (χ0n) is 15.6. The average molecular weight is 728 g/mol. The van der Waals surface area contributed by atoms with E-state index in [-0.39, 0.29) is 17.4 Å². The molecule has 1 unspecified atom stereocenters. The van der Waals surface area contributed by atoms with Gasteiger partial charge < -0.3 is 20.1 Å². The van der Waals surface area contributed by atoms with E-state index in [4.69, 9.17) is 9.47 Å². The third-order valence-electron chi connectivity index (χ3n) is 3.39. The van der Waals surface area contributed by atoms with Crippen LogP contribution in [0.5, 0.6) is 0 Å². The average Bonchev–Trinajstić information content (AvgIpc) is 2.61. The lowest BCUT2D eigenvalue weighted by molar-refractivity contribution is -0.151. The van der Waals surface area contributed by atoms with Crippen LogP contribution in [-0.2, 0) is 23.9 Å². The van der Waals surface area contributed by atoms with Crippen molar-refractivity contribution in [3.63, 3.8) is 0 Å². The summed E-state index contributed by atoms with van der Waals surface area (Å²) in [6.07, 6.45) is -0.114. The summed E-state index contributed by atoms with van der Waals surface area (Å²) in [6.45, 7) is 4.54. The van der Waals surface area contributed by atoms with Gasteiger partial charge in [-0.05, 0) is 74.2 Å². The van der Waals surface area contributed by atoms with Crippen LogP contribution in [0.2, 0.25) is 0 Å². The summed E-state index contributed by atoms with van der Waals surface area (Å²) in [7, 11) is 1.22. The molecule has 0 aliphatic heterocycles. The first-order valence-corrected chi connectivity index (χ1v) is 11.3. The minimum atomic E-state index is -1.04. The third-order valence-corrected chi connectivity index (χ3v) is 6.62. The van der Waals surface area contributed by atoms with Crippen molar-refractivity contribution in [1.82, 2.24) is 0 Å². The molecular weight excluding hydrogens is 709 g/mol. The van der Waals surface area contributed by atoms with E-state index in [0.717, 1.165) is 0 Å². The summed E-state index contributed by atoms with van der Waals surface area (Å²) >= 11 is 5.85. The molecular formula is C17H19I3N2O6. The Bertz CT molecular complexity index is 770. The molecule has 0 aliphatic carbocycles. The Morgan fingerprint density at radius 1 is 0.929 bits per heavy atom. The highest BCUT2D eigenvalue weighted by molar-refractivity contribution is 14.1. The maximum atomic E-state index is 12.9. The van der Waals surface area contributed by atoms with E-state index in [1.54, 1.807) is 0 Å². The van der Waals surface area contributed by atoms with E-state index in [1.165, 1.54) is 21.0 Å². The predicted octanol–water partition coefficient (Wildman–Crippen LogP) is 3.92. The van der Waals surface area contributed by atoms with Crippen LogP contribution < -0.4 is 10.6 Å². The lowest BCUT2D eigenvalue weighted by atomic mass is 10.1. The van der Waals surface area contributed by atoms with Gasteiger partial charge >= 0.3 is 11.9 Å². The number of halogens is 3. The third kappa shape index (κ3) is 6.40. The number of nitrogens with one attached hydrogen (secondary N) is 2.